The van der Waals surface area contributed by atoms with Crippen LogP contribution in [0.25, 0.3) is 0 Å². The maximum absolute atomic E-state index is 6.33. The predicted octanol–water partition coefficient (Wildman–Crippen LogP) is 4.91. The van der Waals surface area contributed by atoms with Gasteiger partial charge in [-0.1, -0.05) is 30.3 Å². The summed E-state index contributed by atoms with van der Waals surface area (Å²) in [6.45, 7) is 18.2. The quantitative estimate of drug-likeness (QED) is 0.519. The fraction of sp³-hybridized carbons (Fsp3) is 0.636. The van der Waals surface area contributed by atoms with Gasteiger partial charge in [-0.05, 0) is 74.0 Å². The molecule has 2 aliphatic rings. The Bertz CT molecular complexity index is 726. The highest BCUT2D eigenvalue weighted by molar-refractivity contribution is 6.48. The molecule has 29 heavy (non-hydrogen) atoms. The van der Waals surface area contributed by atoms with E-state index in [-0.39, 0.29) is 5.82 Å². The second-order valence-corrected chi connectivity index (χ2v) is 10.0. The lowest BCUT2D eigenvalue weighted by Gasteiger charge is -2.32. The van der Waals surface area contributed by atoms with E-state index in [0.29, 0.717) is 5.76 Å². The molecule has 5 nitrogen and oxygen atoms in total. The fourth-order valence-electron chi connectivity index (χ4n) is 3.32. The number of hydrogen-bond acceptors (Lipinski definition) is 5. The van der Waals surface area contributed by atoms with Gasteiger partial charge in [0.25, 0.3) is 0 Å². The largest absolute Gasteiger partial charge is 0.713 e. The Morgan fingerprint density at radius 3 is 1.72 bits per heavy atom. The molecule has 158 valence electrons. The summed E-state index contributed by atoms with van der Waals surface area (Å²) >= 11 is 0. The van der Waals surface area contributed by atoms with E-state index in [0.717, 1.165) is 5.56 Å². The van der Waals surface area contributed by atoms with Crippen LogP contribution in [0.15, 0.2) is 42.2 Å². The van der Waals surface area contributed by atoms with Crippen LogP contribution in [0.1, 0.15) is 73.7 Å². The lowest BCUT2D eigenvalue weighted by Crippen LogP contribution is -2.41. The first-order chi connectivity index (χ1) is 13.2. The van der Waals surface area contributed by atoms with Gasteiger partial charge in [0, 0.05) is 5.82 Å². The van der Waals surface area contributed by atoms with Gasteiger partial charge < -0.3 is 23.3 Å². The van der Waals surface area contributed by atoms with Crippen LogP contribution in [0.5, 0.6) is 0 Å². The third-order valence-corrected chi connectivity index (χ3v) is 6.68. The van der Waals surface area contributed by atoms with Crippen LogP contribution in [0.2, 0.25) is 0 Å². The maximum atomic E-state index is 6.33. The Morgan fingerprint density at radius 1 is 0.793 bits per heavy atom. The van der Waals surface area contributed by atoms with Crippen LogP contribution < -0.4 is 0 Å². The second-order valence-electron chi connectivity index (χ2n) is 10.0. The van der Waals surface area contributed by atoms with E-state index in [1.165, 1.54) is 0 Å². The summed E-state index contributed by atoms with van der Waals surface area (Å²) in [7, 11) is -1.16. The topological polar surface area (TPSA) is 46.2 Å². The van der Waals surface area contributed by atoms with E-state index >= 15 is 0 Å². The standard InChI is InChI=1S/C22H34B2O5/c1-16(25-24-28-21(6,7)22(8,9)29-24)15-18(17-13-11-10-12-14-17)23-26-19(2,3)20(4,5)27-23/h10-15,18H,1-9H3/b16-15-. The zero-order valence-corrected chi connectivity index (χ0v) is 19.2. The van der Waals surface area contributed by atoms with Gasteiger partial charge in [-0.25, -0.2) is 0 Å². The van der Waals surface area contributed by atoms with Gasteiger partial charge in [-0.15, -0.1) is 0 Å². The molecule has 7 heteroatoms. The Morgan fingerprint density at radius 2 is 1.24 bits per heavy atom. The summed E-state index contributed by atoms with van der Waals surface area (Å²) in [6.07, 6.45) is 2.03. The summed E-state index contributed by atoms with van der Waals surface area (Å²) in [5, 5.41) is 0. The van der Waals surface area contributed by atoms with Gasteiger partial charge in [0.15, 0.2) is 0 Å². The molecule has 2 saturated heterocycles. The second kappa shape index (κ2) is 7.45. The Kier molecular flexibility index (Phi) is 5.76. The summed E-state index contributed by atoms with van der Waals surface area (Å²) in [6, 6.07) is 10.2. The Labute approximate surface area is 176 Å². The molecule has 0 bridgehead atoms. The van der Waals surface area contributed by atoms with Crippen molar-refractivity contribution >= 4 is 14.4 Å². The molecule has 0 N–H and O–H groups in total. The molecule has 2 fully saturated rings. The Balaban J connectivity index is 1.83. The SMILES string of the molecule is C/C(=C/C(B1OC(C)(C)C(C)(C)O1)c1ccccc1)OB1OC(C)(C)C(C)(C)O1. The van der Waals surface area contributed by atoms with Crippen molar-refractivity contribution in [2.75, 3.05) is 0 Å². The molecule has 2 heterocycles. The third-order valence-electron chi connectivity index (χ3n) is 6.68. The zero-order valence-electron chi connectivity index (χ0n) is 19.2. The summed E-state index contributed by atoms with van der Waals surface area (Å²) in [5.41, 5.74) is -0.592. The van der Waals surface area contributed by atoms with E-state index in [4.69, 9.17) is 23.3 Å². The fourth-order valence-corrected chi connectivity index (χ4v) is 3.32. The molecule has 3 rings (SSSR count). The zero-order chi connectivity index (χ0) is 21.7. The van der Waals surface area contributed by atoms with Gasteiger partial charge in [0.1, 0.15) is 0 Å². The molecule has 1 aromatic rings. The van der Waals surface area contributed by atoms with Crippen LogP contribution in [0.4, 0.5) is 0 Å². The Hall–Kier alpha value is -1.27. The van der Waals surface area contributed by atoms with Crippen LogP contribution in [0, 0.1) is 0 Å². The number of rotatable bonds is 5. The van der Waals surface area contributed by atoms with Crippen molar-refractivity contribution in [3.8, 4) is 0 Å². The molecule has 0 aliphatic carbocycles. The van der Waals surface area contributed by atoms with Crippen LogP contribution in [-0.4, -0.2) is 36.8 Å². The minimum Gasteiger partial charge on any atom is -0.516 e. The molecule has 0 radical (unpaired) electrons. The molecule has 0 aromatic heterocycles. The average molecular weight is 400 g/mol. The maximum Gasteiger partial charge on any atom is 0.713 e. The summed E-state index contributed by atoms with van der Waals surface area (Å²) < 4.78 is 30.6. The van der Waals surface area contributed by atoms with Crippen LogP contribution in [0.3, 0.4) is 0 Å². The first kappa shape index (κ1) is 22.4. The predicted molar refractivity (Wildman–Crippen MR) is 116 cm³/mol. The smallest absolute Gasteiger partial charge is 0.516 e. The minimum absolute atomic E-state index is 0.125. The van der Waals surface area contributed by atoms with E-state index in [2.05, 4.69) is 39.8 Å². The molecule has 1 aromatic carbocycles. The van der Waals surface area contributed by atoms with Crippen molar-refractivity contribution < 1.29 is 23.3 Å². The van der Waals surface area contributed by atoms with Gasteiger partial charge in [0.05, 0.1) is 28.2 Å². The van der Waals surface area contributed by atoms with Gasteiger partial charge >= 0.3 is 14.4 Å². The molecule has 1 atom stereocenters. The molecular weight excluding hydrogens is 366 g/mol. The lowest BCUT2D eigenvalue weighted by molar-refractivity contribution is 0.00578. The molecule has 0 amide bonds. The third kappa shape index (κ3) is 4.43. The molecule has 0 spiro atoms. The van der Waals surface area contributed by atoms with Gasteiger partial charge in [0.2, 0.25) is 0 Å². The van der Waals surface area contributed by atoms with Crippen molar-refractivity contribution in [3.05, 3.63) is 47.7 Å². The number of allylic oxidation sites excluding steroid dienone is 2. The van der Waals surface area contributed by atoms with Crippen molar-refractivity contribution in [2.24, 2.45) is 0 Å². The summed E-state index contributed by atoms with van der Waals surface area (Å²) in [5.74, 6) is 0.576. The first-order valence-electron chi connectivity index (χ1n) is 10.4. The van der Waals surface area contributed by atoms with Crippen LogP contribution in [-0.2, 0) is 23.3 Å². The normalized spacial score (nSPS) is 25.9. The highest BCUT2D eigenvalue weighted by Crippen LogP contribution is 2.42. The highest BCUT2D eigenvalue weighted by Gasteiger charge is 2.55. The highest BCUT2D eigenvalue weighted by atomic mass is 16.8. The van der Waals surface area contributed by atoms with Gasteiger partial charge in [-0.2, -0.15) is 0 Å². The van der Waals surface area contributed by atoms with Crippen molar-refractivity contribution in [1.29, 1.82) is 0 Å². The van der Waals surface area contributed by atoms with Crippen molar-refractivity contribution in [3.63, 3.8) is 0 Å². The molecular formula is C22H34B2O5. The van der Waals surface area contributed by atoms with Crippen molar-refractivity contribution in [1.82, 2.24) is 0 Å². The first-order valence-corrected chi connectivity index (χ1v) is 10.4. The van der Waals surface area contributed by atoms with Crippen molar-refractivity contribution in [2.45, 2.75) is 90.5 Å². The average Bonchev–Trinajstić information content (AvgIpc) is 2.92. The van der Waals surface area contributed by atoms with E-state index in [1.807, 2.05) is 58.9 Å². The lowest BCUT2D eigenvalue weighted by atomic mass is 9.67. The number of hydrogen-bond donors (Lipinski definition) is 0. The molecule has 0 saturated carbocycles. The van der Waals surface area contributed by atoms with E-state index < -0.39 is 36.8 Å². The monoisotopic (exact) mass is 400 g/mol. The molecule has 1 unspecified atom stereocenters. The molecule has 2 aliphatic heterocycles. The van der Waals surface area contributed by atoms with Gasteiger partial charge in [-0.3, -0.25) is 0 Å². The summed E-state index contributed by atoms with van der Waals surface area (Å²) in [4.78, 5) is 0. The van der Waals surface area contributed by atoms with E-state index in [9.17, 15) is 0 Å². The number of benzene rings is 1. The van der Waals surface area contributed by atoms with Crippen LogP contribution >= 0.6 is 0 Å². The minimum atomic E-state index is -0.744. The van der Waals surface area contributed by atoms with E-state index in [1.54, 1.807) is 0 Å².